The Labute approximate surface area is 116 Å². The highest BCUT2D eigenvalue weighted by atomic mass is 19.1. The van der Waals surface area contributed by atoms with E-state index in [9.17, 15) is 9.18 Å². The molecule has 0 saturated carbocycles. The zero-order valence-electron chi connectivity index (χ0n) is 10.9. The topological polar surface area (TPSA) is 54.3 Å². The van der Waals surface area contributed by atoms with Gasteiger partial charge in [-0.3, -0.25) is 4.79 Å². The minimum atomic E-state index is -0.299. The van der Waals surface area contributed by atoms with E-state index in [2.05, 4.69) is 10.6 Å². The van der Waals surface area contributed by atoms with Gasteiger partial charge in [-0.2, -0.15) is 0 Å². The molecule has 4 nitrogen and oxygen atoms in total. The maximum Gasteiger partial charge on any atom is 0.287 e. The van der Waals surface area contributed by atoms with Crippen LogP contribution in [0.25, 0.3) is 11.3 Å². The number of halogens is 1. The molecule has 3 rings (SSSR count). The van der Waals surface area contributed by atoms with Crippen molar-refractivity contribution in [3.63, 3.8) is 0 Å². The van der Waals surface area contributed by atoms with E-state index < -0.39 is 0 Å². The molecule has 2 aromatic rings. The summed E-state index contributed by atoms with van der Waals surface area (Å²) in [6, 6.07) is 9.48. The summed E-state index contributed by atoms with van der Waals surface area (Å²) in [5.41, 5.74) is 0.744. The van der Waals surface area contributed by atoms with Gasteiger partial charge in [0, 0.05) is 18.2 Å². The maximum atomic E-state index is 12.9. The summed E-state index contributed by atoms with van der Waals surface area (Å²) in [7, 11) is 0. The number of hydrogen-bond donors (Lipinski definition) is 2. The van der Waals surface area contributed by atoms with E-state index in [0.29, 0.717) is 5.76 Å². The molecule has 0 spiro atoms. The van der Waals surface area contributed by atoms with Crippen molar-refractivity contribution in [1.29, 1.82) is 0 Å². The van der Waals surface area contributed by atoms with Crippen LogP contribution in [-0.4, -0.2) is 25.0 Å². The molecule has 1 saturated heterocycles. The highest BCUT2D eigenvalue weighted by Gasteiger charge is 2.19. The Kier molecular flexibility index (Phi) is 3.52. The average molecular weight is 274 g/mol. The molecule has 1 fully saturated rings. The van der Waals surface area contributed by atoms with Gasteiger partial charge in [-0.25, -0.2) is 4.39 Å². The molecule has 1 aliphatic heterocycles. The summed E-state index contributed by atoms with van der Waals surface area (Å²) in [5, 5.41) is 6.10. The van der Waals surface area contributed by atoms with E-state index in [1.165, 1.54) is 12.1 Å². The molecule has 104 valence electrons. The molecule has 1 unspecified atom stereocenters. The van der Waals surface area contributed by atoms with Crippen LogP contribution in [0.2, 0.25) is 0 Å². The third-order valence-corrected chi connectivity index (χ3v) is 3.35. The first-order chi connectivity index (χ1) is 9.72. The van der Waals surface area contributed by atoms with E-state index in [-0.39, 0.29) is 23.5 Å². The Bertz CT molecular complexity index is 601. The number of hydrogen-bond acceptors (Lipinski definition) is 3. The third kappa shape index (κ3) is 2.72. The van der Waals surface area contributed by atoms with Crippen LogP contribution in [0.4, 0.5) is 4.39 Å². The first-order valence-corrected chi connectivity index (χ1v) is 6.60. The van der Waals surface area contributed by atoms with Crippen molar-refractivity contribution in [3.05, 3.63) is 48.0 Å². The van der Waals surface area contributed by atoms with E-state index in [0.717, 1.165) is 25.1 Å². The van der Waals surface area contributed by atoms with Crippen LogP contribution in [0.1, 0.15) is 17.0 Å². The number of rotatable bonds is 3. The number of furan rings is 1. The lowest BCUT2D eigenvalue weighted by atomic mass is 10.2. The smallest absolute Gasteiger partial charge is 0.287 e. The minimum absolute atomic E-state index is 0.155. The summed E-state index contributed by atoms with van der Waals surface area (Å²) in [5.74, 6) is 0.315. The molecule has 0 bridgehead atoms. The fourth-order valence-electron chi connectivity index (χ4n) is 2.26. The average Bonchev–Trinajstić information content (AvgIpc) is 3.10. The van der Waals surface area contributed by atoms with Gasteiger partial charge in [-0.15, -0.1) is 0 Å². The molecule has 2 N–H and O–H groups in total. The molecule has 5 heteroatoms. The molecular weight excluding hydrogens is 259 g/mol. The van der Waals surface area contributed by atoms with Crippen molar-refractivity contribution in [1.82, 2.24) is 10.6 Å². The van der Waals surface area contributed by atoms with Crippen LogP contribution >= 0.6 is 0 Å². The molecule has 1 aromatic carbocycles. The molecule has 20 heavy (non-hydrogen) atoms. The van der Waals surface area contributed by atoms with Crippen LogP contribution in [-0.2, 0) is 0 Å². The zero-order chi connectivity index (χ0) is 13.9. The van der Waals surface area contributed by atoms with Crippen LogP contribution in [0.5, 0.6) is 0 Å². The van der Waals surface area contributed by atoms with Gasteiger partial charge in [-0.05, 0) is 49.4 Å². The van der Waals surface area contributed by atoms with Crippen molar-refractivity contribution >= 4 is 5.91 Å². The molecule has 1 amide bonds. The van der Waals surface area contributed by atoms with Crippen molar-refractivity contribution in [2.75, 3.05) is 13.1 Å². The van der Waals surface area contributed by atoms with Crippen molar-refractivity contribution in [2.45, 2.75) is 12.5 Å². The second-order valence-electron chi connectivity index (χ2n) is 4.83. The molecule has 1 aliphatic rings. The Morgan fingerprint density at radius 3 is 2.75 bits per heavy atom. The lowest BCUT2D eigenvalue weighted by Crippen LogP contribution is -2.35. The maximum absolute atomic E-state index is 12.9. The van der Waals surface area contributed by atoms with Gasteiger partial charge in [0.25, 0.3) is 5.91 Å². The Morgan fingerprint density at radius 1 is 1.25 bits per heavy atom. The fraction of sp³-hybridized carbons (Fsp3) is 0.267. The quantitative estimate of drug-likeness (QED) is 0.902. The van der Waals surface area contributed by atoms with Gasteiger partial charge in [0.1, 0.15) is 11.6 Å². The summed E-state index contributed by atoms with van der Waals surface area (Å²) >= 11 is 0. The number of carbonyl (C=O) groups is 1. The van der Waals surface area contributed by atoms with Crippen molar-refractivity contribution < 1.29 is 13.6 Å². The number of benzene rings is 1. The van der Waals surface area contributed by atoms with Gasteiger partial charge in [0.05, 0.1) is 0 Å². The summed E-state index contributed by atoms with van der Waals surface area (Å²) in [6.45, 7) is 1.71. The molecule has 1 atom stereocenters. The lowest BCUT2D eigenvalue weighted by Gasteiger charge is -2.09. The second kappa shape index (κ2) is 5.46. The van der Waals surface area contributed by atoms with E-state index in [1.54, 1.807) is 24.3 Å². The Balaban J connectivity index is 1.72. The summed E-state index contributed by atoms with van der Waals surface area (Å²) < 4.78 is 18.4. The number of carbonyl (C=O) groups excluding carboxylic acids is 1. The Morgan fingerprint density at radius 2 is 2.05 bits per heavy atom. The van der Waals surface area contributed by atoms with E-state index in [1.807, 2.05) is 0 Å². The molecule has 2 heterocycles. The largest absolute Gasteiger partial charge is 0.451 e. The first-order valence-electron chi connectivity index (χ1n) is 6.60. The molecule has 1 aromatic heterocycles. The number of nitrogens with one attached hydrogen (secondary N) is 2. The molecule has 0 aliphatic carbocycles. The molecule has 0 radical (unpaired) electrons. The van der Waals surface area contributed by atoms with Gasteiger partial charge < -0.3 is 15.1 Å². The van der Waals surface area contributed by atoms with Crippen LogP contribution in [0.3, 0.4) is 0 Å². The van der Waals surface area contributed by atoms with Crippen LogP contribution < -0.4 is 10.6 Å². The number of amides is 1. The van der Waals surface area contributed by atoms with E-state index in [4.69, 9.17) is 4.42 Å². The minimum Gasteiger partial charge on any atom is -0.451 e. The van der Waals surface area contributed by atoms with Crippen molar-refractivity contribution in [3.8, 4) is 11.3 Å². The predicted molar refractivity (Wildman–Crippen MR) is 72.8 cm³/mol. The van der Waals surface area contributed by atoms with Gasteiger partial charge >= 0.3 is 0 Å². The SMILES string of the molecule is O=C(NC1CCNC1)c1ccc(-c2ccc(F)cc2)o1. The first kappa shape index (κ1) is 12.9. The van der Waals surface area contributed by atoms with Crippen LogP contribution in [0.15, 0.2) is 40.8 Å². The van der Waals surface area contributed by atoms with Crippen LogP contribution in [0, 0.1) is 5.82 Å². The Hall–Kier alpha value is -2.14. The monoisotopic (exact) mass is 274 g/mol. The van der Waals surface area contributed by atoms with Gasteiger partial charge in [0.2, 0.25) is 0 Å². The second-order valence-corrected chi connectivity index (χ2v) is 4.83. The fourth-order valence-corrected chi connectivity index (χ4v) is 2.26. The standard InChI is InChI=1S/C15H15FN2O2/c16-11-3-1-10(2-4-11)13-5-6-14(20-13)15(19)18-12-7-8-17-9-12/h1-6,12,17H,7-9H2,(H,18,19). The highest BCUT2D eigenvalue weighted by molar-refractivity contribution is 5.92. The third-order valence-electron chi connectivity index (χ3n) is 3.35. The van der Waals surface area contributed by atoms with Gasteiger partial charge in [-0.1, -0.05) is 0 Å². The zero-order valence-corrected chi connectivity index (χ0v) is 10.9. The normalized spacial score (nSPS) is 18.1. The van der Waals surface area contributed by atoms with Gasteiger partial charge in [0.15, 0.2) is 5.76 Å². The summed E-state index contributed by atoms with van der Waals surface area (Å²) in [6.07, 6.45) is 0.928. The van der Waals surface area contributed by atoms with E-state index >= 15 is 0 Å². The molecular formula is C15H15FN2O2. The summed E-state index contributed by atoms with van der Waals surface area (Å²) in [4.78, 5) is 12.0. The van der Waals surface area contributed by atoms with Crippen molar-refractivity contribution in [2.24, 2.45) is 0 Å². The lowest BCUT2D eigenvalue weighted by molar-refractivity contribution is 0.0913. The highest BCUT2D eigenvalue weighted by Crippen LogP contribution is 2.22. The predicted octanol–water partition coefficient (Wildman–Crippen LogP) is 2.18.